The third kappa shape index (κ3) is 2.77. The van der Waals surface area contributed by atoms with Gasteiger partial charge in [0.25, 0.3) is 0 Å². The summed E-state index contributed by atoms with van der Waals surface area (Å²) in [6.07, 6.45) is 1.95. The molecular formula is C28H19N3O. The van der Waals surface area contributed by atoms with Crippen LogP contribution in [-0.4, -0.2) is 15.5 Å². The van der Waals surface area contributed by atoms with E-state index < -0.39 is 5.91 Å². The molecule has 2 N–H and O–H groups in total. The molecule has 0 saturated heterocycles. The standard InChI is InChI=1S/C28H19N3O/c29-28(32)18-12-14-21(15-13-18)31-25-10-4-2-7-23(25)27-22(8-5-11-26(27)31)20-16-19-6-1-3-9-24(19)30-17-20/h1-17H,(H2,29,32). The number of hydrogen-bond acceptors (Lipinski definition) is 2. The zero-order chi connectivity index (χ0) is 21.7. The van der Waals surface area contributed by atoms with Crippen molar-refractivity contribution >= 4 is 38.6 Å². The van der Waals surface area contributed by atoms with Crippen LogP contribution in [0.5, 0.6) is 0 Å². The van der Waals surface area contributed by atoms with Crippen LogP contribution in [-0.2, 0) is 0 Å². The van der Waals surface area contributed by atoms with Crippen molar-refractivity contribution < 1.29 is 4.79 Å². The number of nitrogens with two attached hydrogens (primary N) is 1. The molecule has 4 aromatic carbocycles. The molecule has 0 aliphatic rings. The summed E-state index contributed by atoms with van der Waals surface area (Å²) >= 11 is 0. The van der Waals surface area contributed by atoms with E-state index in [1.54, 1.807) is 12.1 Å². The Balaban J connectivity index is 1.66. The van der Waals surface area contributed by atoms with Crippen LogP contribution in [0.2, 0.25) is 0 Å². The molecular weight excluding hydrogens is 394 g/mol. The molecule has 6 aromatic rings. The minimum absolute atomic E-state index is 0.426. The summed E-state index contributed by atoms with van der Waals surface area (Å²) in [5, 5.41) is 3.47. The number of nitrogens with zero attached hydrogens (tertiary/aromatic N) is 2. The zero-order valence-corrected chi connectivity index (χ0v) is 17.2. The number of benzene rings is 4. The van der Waals surface area contributed by atoms with Crippen molar-refractivity contribution in [3.05, 3.63) is 109 Å². The number of hydrogen-bond donors (Lipinski definition) is 1. The van der Waals surface area contributed by atoms with Gasteiger partial charge in [-0.3, -0.25) is 9.78 Å². The fraction of sp³-hybridized carbons (Fsp3) is 0. The average Bonchev–Trinajstić information content (AvgIpc) is 3.18. The first kappa shape index (κ1) is 18.3. The van der Waals surface area contributed by atoms with E-state index in [4.69, 9.17) is 5.73 Å². The minimum atomic E-state index is -0.426. The van der Waals surface area contributed by atoms with Crippen LogP contribution in [0.4, 0.5) is 0 Å². The third-order valence-corrected chi connectivity index (χ3v) is 6.01. The molecule has 32 heavy (non-hydrogen) atoms. The van der Waals surface area contributed by atoms with Crippen molar-refractivity contribution in [2.24, 2.45) is 5.73 Å². The van der Waals surface area contributed by atoms with Gasteiger partial charge in [-0.2, -0.15) is 0 Å². The molecule has 6 rings (SSSR count). The topological polar surface area (TPSA) is 60.9 Å². The van der Waals surface area contributed by atoms with Gasteiger partial charge in [-0.1, -0.05) is 48.5 Å². The van der Waals surface area contributed by atoms with E-state index in [9.17, 15) is 4.79 Å². The lowest BCUT2D eigenvalue weighted by Gasteiger charge is -2.09. The van der Waals surface area contributed by atoms with E-state index in [2.05, 4.69) is 58.1 Å². The highest BCUT2D eigenvalue weighted by Crippen LogP contribution is 2.38. The lowest BCUT2D eigenvalue weighted by molar-refractivity contribution is 0.100. The van der Waals surface area contributed by atoms with Crippen molar-refractivity contribution in [3.8, 4) is 16.8 Å². The van der Waals surface area contributed by atoms with Gasteiger partial charge in [-0.05, 0) is 54.1 Å². The molecule has 4 heteroatoms. The monoisotopic (exact) mass is 413 g/mol. The summed E-state index contributed by atoms with van der Waals surface area (Å²) < 4.78 is 2.23. The van der Waals surface area contributed by atoms with Gasteiger partial charge in [-0.15, -0.1) is 0 Å². The fourth-order valence-corrected chi connectivity index (χ4v) is 4.53. The molecule has 2 aromatic heterocycles. The van der Waals surface area contributed by atoms with Crippen LogP contribution >= 0.6 is 0 Å². The Morgan fingerprint density at radius 3 is 2.38 bits per heavy atom. The van der Waals surface area contributed by atoms with E-state index in [-0.39, 0.29) is 0 Å². The Morgan fingerprint density at radius 2 is 1.53 bits per heavy atom. The first-order chi connectivity index (χ1) is 15.7. The lowest BCUT2D eigenvalue weighted by Crippen LogP contribution is -2.10. The lowest BCUT2D eigenvalue weighted by atomic mass is 9.99. The second-order valence-electron chi connectivity index (χ2n) is 7.88. The minimum Gasteiger partial charge on any atom is -0.366 e. The van der Waals surface area contributed by atoms with Gasteiger partial charge in [0, 0.05) is 39.2 Å². The fourth-order valence-electron chi connectivity index (χ4n) is 4.53. The maximum atomic E-state index is 11.5. The number of carbonyl (C=O) groups excluding carboxylic acids is 1. The third-order valence-electron chi connectivity index (χ3n) is 6.01. The second kappa shape index (κ2) is 7.06. The Bertz CT molecular complexity index is 1650. The van der Waals surface area contributed by atoms with Crippen molar-refractivity contribution in [1.29, 1.82) is 0 Å². The summed E-state index contributed by atoms with van der Waals surface area (Å²) in [5.74, 6) is -0.426. The van der Waals surface area contributed by atoms with E-state index in [1.165, 1.54) is 10.8 Å². The average molecular weight is 413 g/mol. The highest BCUT2D eigenvalue weighted by Gasteiger charge is 2.16. The van der Waals surface area contributed by atoms with Gasteiger partial charge in [-0.25, -0.2) is 0 Å². The molecule has 0 unspecified atom stereocenters. The van der Waals surface area contributed by atoms with Crippen LogP contribution in [0.25, 0.3) is 49.5 Å². The number of carbonyl (C=O) groups is 1. The highest BCUT2D eigenvalue weighted by molar-refractivity contribution is 6.16. The molecule has 0 aliphatic carbocycles. The summed E-state index contributed by atoms with van der Waals surface area (Å²) in [7, 11) is 0. The Labute approximate surface area is 184 Å². The summed E-state index contributed by atoms with van der Waals surface area (Å²) in [6.45, 7) is 0. The van der Waals surface area contributed by atoms with Crippen LogP contribution in [0.1, 0.15) is 10.4 Å². The smallest absolute Gasteiger partial charge is 0.248 e. The maximum Gasteiger partial charge on any atom is 0.248 e. The van der Waals surface area contributed by atoms with E-state index >= 15 is 0 Å². The van der Waals surface area contributed by atoms with Gasteiger partial charge in [0.1, 0.15) is 0 Å². The number of para-hydroxylation sites is 2. The maximum absolute atomic E-state index is 11.5. The molecule has 1 amide bonds. The van der Waals surface area contributed by atoms with Crippen LogP contribution < -0.4 is 5.73 Å². The zero-order valence-electron chi connectivity index (χ0n) is 17.2. The SMILES string of the molecule is NC(=O)c1ccc(-n2c3ccccc3c3c(-c4cnc5ccccc5c4)cccc32)cc1. The predicted octanol–water partition coefficient (Wildman–Crippen LogP) is 6.10. The highest BCUT2D eigenvalue weighted by atomic mass is 16.1. The largest absolute Gasteiger partial charge is 0.366 e. The van der Waals surface area contributed by atoms with E-state index in [1.807, 2.05) is 42.6 Å². The summed E-state index contributed by atoms with van der Waals surface area (Å²) in [4.78, 5) is 16.2. The van der Waals surface area contributed by atoms with Gasteiger partial charge in [0.05, 0.1) is 16.6 Å². The van der Waals surface area contributed by atoms with Crippen LogP contribution in [0.3, 0.4) is 0 Å². The van der Waals surface area contributed by atoms with Crippen LogP contribution in [0, 0.1) is 0 Å². The van der Waals surface area contributed by atoms with E-state index in [0.29, 0.717) is 5.56 Å². The van der Waals surface area contributed by atoms with Gasteiger partial charge in [0.2, 0.25) is 5.91 Å². The number of pyridine rings is 1. The molecule has 0 atom stereocenters. The van der Waals surface area contributed by atoms with Crippen molar-refractivity contribution in [3.63, 3.8) is 0 Å². The first-order valence-corrected chi connectivity index (χ1v) is 10.5. The molecule has 152 valence electrons. The molecule has 0 radical (unpaired) electrons. The number of aromatic nitrogens is 2. The molecule has 4 nitrogen and oxygen atoms in total. The van der Waals surface area contributed by atoms with Gasteiger partial charge < -0.3 is 10.3 Å². The molecule has 2 heterocycles. The van der Waals surface area contributed by atoms with Crippen LogP contribution in [0.15, 0.2) is 103 Å². The quantitative estimate of drug-likeness (QED) is 0.381. The number of fused-ring (bicyclic) bond motifs is 4. The number of rotatable bonds is 3. The number of primary amides is 1. The molecule has 0 fully saturated rings. The predicted molar refractivity (Wildman–Crippen MR) is 130 cm³/mol. The molecule has 0 spiro atoms. The molecule has 0 bridgehead atoms. The second-order valence-corrected chi connectivity index (χ2v) is 7.88. The summed E-state index contributed by atoms with van der Waals surface area (Å²) in [6, 6.07) is 32.6. The summed E-state index contributed by atoms with van der Waals surface area (Å²) in [5.41, 5.74) is 12.3. The number of amides is 1. The Morgan fingerprint density at radius 1 is 0.781 bits per heavy atom. The normalized spacial score (nSPS) is 11.4. The van der Waals surface area contributed by atoms with Gasteiger partial charge in [0.15, 0.2) is 0 Å². The molecule has 0 saturated carbocycles. The molecule has 0 aliphatic heterocycles. The first-order valence-electron chi connectivity index (χ1n) is 10.5. The van der Waals surface area contributed by atoms with Gasteiger partial charge >= 0.3 is 0 Å². The van der Waals surface area contributed by atoms with E-state index in [0.717, 1.165) is 38.8 Å². The Kier molecular flexibility index (Phi) is 4.05. The Hall–Kier alpha value is -4.44. The van der Waals surface area contributed by atoms with Crippen molar-refractivity contribution in [1.82, 2.24) is 9.55 Å². The van der Waals surface area contributed by atoms with Crippen molar-refractivity contribution in [2.75, 3.05) is 0 Å². The van der Waals surface area contributed by atoms with Crippen molar-refractivity contribution in [2.45, 2.75) is 0 Å².